The summed E-state index contributed by atoms with van der Waals surface area (Å²) in [7, 11) is 0. The average molecular weight is 333 g/mol. The van der Waals surface area contributed by atoms with Crippen molar-refractivity contribution in [1.29, 1.82) is 0 Å². The minimum Gasteiger partial charge on any atom is -0.327 e. The van der Waals surface area contributed by atoms with Crippen LogP contribution < -0.4 is 0 Å². The number of hydrogen-bond donors (Lipinski definition) is 0. The second-order valence-electron chi connectivity index (χ2n) is 5.97. The molecule has 114 valence electrons. The van der Waals surface area contributed by atoms with Crippen molar-refractivity contribution in [1.82, 2.24) is 9.55 Å². The highest BCUT2D eigenvalue weighted by atomic mass is 35.5. The first-order valence-electron chi connectivity index (χ1n) is 7.42. The van der Waals surface area contributed by atoms with Crippen LogP contribution in [0.5, 0.6) is 0 Å². The molecule has 1 aromatic heterocycles. The predicted molar refractivity (Wildman–Crippen MR) is 93.8 cm³/mol. The summed E-state index contributed by atoms with van der Waals surface area (Å²) in [4.78, 5) is 4.79. The molecule has 0 bridgehead atoms. The molecule has 0 radical (unpaired) electrons. The highest BCUT2D eigenvalue weighted by molar-refractivity contribution is 6.31. The lowest BCUT2D eigenvalue weighted by atomic mass is 10.1. The number of imidazole rings is 1. The number of rotatable bonds is 4. The Labute approximate surface area is 140 Å². The summed E-state index contributed by atoms with van der Waals surface area (Å²) in [5.41, 5.74) is 3.30. The van der Waals surface area contributed by atoms with E-state index in [0.29, 0.717) is 5.92 Å². The van der Waals surface area contributed by atoms with Crippen molar-refractivity contribution < 1.29 is 0 Å². The van der Waals surface area contributed by atoms with Crippen molar-refractivity contribution >= 4 is 34.2 Å². The largest absolute Gasteiger partial charge is 0.327 e. The molecule has 22 heavy (non-hydrogen) atoms. The van der Waals surface area contributed by atoms with Gasteiger partial charge < -0.3 is 4.57 Å². The zero-order valence-electron chi connectivity index (χ0n) is 12.7. The predicted octanol–water partition coefficient (Wildman–Crippen LogP) is 5.59. The van der Waals surface area contributed by atoms with E-state index in [2.05, 4.69) is 24.5 Å². The minimum absolute atomic E-state index is 0.553. The van der Waals surface area contributed by atoms with E-state index < -0.39 is 0 Å². The molecule has 0 unspecified atom stereocenters. The van der Waals surface area contributed by atoms with Crippen LogP contribution in [0.1, 0.15) is 25.2 Å². The standard InChI is InChI=1S/C18H18Cl2N2/c1-12(2)11-22-17-8-7-15(20)10-16(17)21-18(22)9-13-3-5-14(19)6-4-13/h3-8,10,12H,9,11H2,1-2H3. The maximum absolute atomic E-state index is 6.10. The fourth-order valence-electron chi connectivity index (χ4n) is 2.64. The van der Waals surface area contributed by atoms with Gasteiger partial charge in [0.1, 0.15) is 5.82 Å². The summed E-state index contributed by atoms with van der Waals surface area (Å²) in [5.74, 6) is 1.62. The van der Waals surface area contributed by atoms with Gasteiger partial charge in [0, 0.05) is 23.0 Å². The molecule has 3 aromatic rings. The molecular formula is C18H18Cl2N2. The number of aromatic nitrogens is 2. The fourth-order valence-corrected chi connectivity index (χ4v) is 2.93. The van der Waals surface area contributed by atoms with Gasteiger partial charge in [-0.2, -0.15) is 0 Å². The zero-order chi connectivity index (χ0) is 15.7. The Morgan fingerprint density at radius 3 is 2.36 bits per heavy atom. The van der Waals surface area contributed by atoms with Gasteiger partial charge in [0.2, 0.25) is 0 Å². The third-order valence-corrected chi connectivity index (χ3v) is 4.10. The Morgan fingerprint density at radius 2 is 1.68 bits per heavy atom. The zero-order valence-corrected chi connectivity index (χ0v) is 14.2. The first kappa shape index (κ1) is 15.4. The van der Waals surface area contributed by atoms with Crippen molar-refractivity contribution in [2.45, 2.75) is 26.8 Å². The smallest absolute Gasteiger partial charge is 0.114 e. The second kappa shape index (κ2) is 6.31. The van der Waals surface area contributed by atoms with Gasteiger partial charge in [-0.05, 0) is 41.8 Å². The highest BCUT2D eigenvalue weighted by Gasteiger charge is 2.12. The lowest BCUT2D eigenvalue weighted by Gasteiger charge is -2.12. The number of benzene rings is 2. The van der Waals surface area contributed by atoms with Crippen LogP contribution in [-0.2, 0) is 13.0 Å². The van der Waals surface area contributed by atoms with Gasteiger partial charge in [0.15, 0.2) is 0 Å². The monoisotopic (exact) mass is 332 g/mol. The van der Waals surface area contributed by atoms with Crippen molar-refractivity contribution in [3.63, 3.8) is 0 Å². The number of fused-ring (bicyclic) bond motifs is 1. The molecule has 0 aliphatic heterocycles. The third-order valence-electron chi connectivity index (χ3n) is 3.61. The van der Waals surface area contributed by atoms with Crippen molar-refractivity contribution in [3.05, 3.63) is 63.9 Å². The van der Waals surface area contributed by atoms with E-state index in [-0.39, 0.29) is 0 Å². The molecule has 3 rings (SSSR count). The van der Waals surface area contributed by atoms with Crippen molar-refractivity contribution in [2.75, 3.05) is 0 Å². The van der Waals surface area contributed by atoms with E-state index in [4.69, 9.17) is 28.2 Å². The highest BCUT2D eigenvalue weighted by Crippen LogP contribution is 2.23. The Morgan fingerprint density at radius 1 is 1.00 bits per heavy atom. The van der Waals surface area contributed by atoms with Crippen LogP contribution >= 0.6 is 23.2 Å². The van der Waals surface area contributed by atoms with Crippen LogP contribution in [-0.4, -0.2) is 9.55 Å². The SMILES string of the molecule is CC(C)Cn1c(Cc2ccc(Cl)cc2)nc2cc(Cl)ccc21. The summed E-state index contributed by atoms with van der Waals surface area (Å²) < 4.78 is 2.30. The molecule has 0 saturated carbocycles. The molecule has 0 fully saturated rings. The molecular weight excluding hydrogens is 315 g/mol. The quantitative estimate of drug-likeness (QED) is 0.608. The van der Waals surface area contributed by atoms with Crippen LogP contribution in [0.3, 0.4) is 0 Å². The molecule has 0 aliphatic carbocycles. The number of nitrogens with zero attached hydrogens (tertiary/aromatic N) is 2. The van der Waals surface area contributed by atoms with Crippen LogP contribution in [0.15, 0.2) is 42.5 Å². The fraction of sp³-hybridized carbons (Fsp3) is 0.278. The van der Waals surface area contributed by atoms with E-state index in [1.54, 1.807) is 0 Å². The topological polar surface area (TPSA) is 17.8 Å². The molecule has 1 heterocycles. The van der Waals surface area contributed by atoms with Gasteiger partial charge in [-0.15, -0.1) is 0 Å². The Balaban J connectivity index is 2.04. The van der Waals surface area contributed by atoms with E-state index in [9.17, 15) is 0 Å². The molecule has 2 nitrogen and oxygen atoms in total. The van der Waals surface area contributed by atoms with Gasteiger partial charge in [0.05, 0.1) is 11.0 Å². The summed E-state index contributed by atoms with van der Waals surface area (Å²) in [6, 6.07) is 13.8. The van der Waals surface area contributed by atoms with Gasteiger partial charge in [-0.25, -0.2) is 4.98 Å². The summed E-state index contributed by atoms with van der Waals surface area (Å²) in [5, 5.41) is 1.48. The molecule has 0 amide bonds. The minimum atomic E-state index is 0.553. The van der Waals surface area contributed by atoms with E-state index in [1.165, 1.54) is 5.56 Å². The van der Waals surface area contributed by atoms with E-state index in [1.807, 2.05) is 36.4 Å². The van der Waals surface area contributed by atoms with Crippen molar-refractivity contribution in [2.24, 2.45) is 5.92 Å². The van der Waals surface area contributed by atoms with Crippen LogP contribution in [0.4, 0.5) is 0 Å². The molecule has 0 spiro atoms. The van der Waals surface area contributed by atoms with Gasteiger partial charge in [-0.1, -0.05) is 49.2 Å². The first-order chi connectivity index (χ1) is 10.5. The number of hydrogen-bond acceptors (Lipinski definition) is 1. The lowest BCUT2D eigenvalue weighted by Crippen LogP contribution is -2.09. The summed E-state index contributed by atoms with van der Waals surface area (Å²) in [6.45, 7) is 5.38. The third kappa shape index (κ3) is 3.29. The van der Waals surface area contributed by atoms with Gasteiger partial charge >= 0.3 is 0 Å². The van der Waals surface area contributed by atoms with E-state index in [0.717, 1.165) is 39.9 Å². The molecule has 0 atom stereocenters. The first-order valence-corrected chi connectivity index (χ1v) is 8.17. The van der Waals surface area contributed by atoms with Crippen LogP contribution in [0, 0.1) is 5.92 Å². The summed E-state index contributed by atoms with van der Waals surface area (Å²) in [6.07, 6.45) is 0.788. The second-order valence-corrected chi connectivity index (χ2v) is 6.84. The molecule has 0 N–H and O–H groups in total. The average Bonchev–Trinajstić information content (AvgIpc) is 2.78. The Bertz CT molecular complexity index is 789. The number of halogens is 2. The van der Waals surface area contributed by atoms with E-state index >= 15 is 0 Å². The maximum Gasteiger partial charge on any atom is 0.114 e. The molecule has 2 aromatic carbocycles. The maximum atomic E-state index is 6.10. The van der Waals surface area contributed by atoms with Gasteiger partial charge in [-0.3, -0.25) is 0 Å². The van der Waals surface area contributed by atoms with Crippen molar-refractivity contribution in [3.8, 4) is 0 Å². The van der Waals surface area contributed by atoms with Crippen LogP contribution in [0.2, 0.25) is 10.0 Å². The lowest BCUT2D eigenvalue weighted by molar-refractivity contribution is 0.520. The summed E-state index contributed by atoms with van der Waals surface area (Å²) >= 11 is 12.1. The normalized spacial score (nSPS) is 11.5. The molecule has 4 heteroatoms. The molecule has 0 aliphatic rings. The van der Waals surface area contributed by atoms with Gasteiger partial charge in [0.25, 0.3) is 0 Å². The van der Waals surface area contributed by atoms with Crippen LogP contribution in [0.25, 0.3) is 11.0 Å². The Hall–Kier alpha value is -1.51. The molecule has 0 saturated heterocycles. The Kier molecular flexibility index (Phi) is 4.42.